The minimum Gasteiger partial charge on any atom is -0.487 e. The predicted molar refractivity (Wildman–Crippen MR) is 165 cm³/mol. The second kappa shape index (κ2) is 13.7. The van der Waals surface area contributed by atoms with Crippen LogP contribution in [0.3, 0.4) is 0 Å². The highest BCUT2D eigenvalue weighted by molar-refractivity contribution is 7.92. The molecule has 1 unspecified atom stereocenters. The van der Waals surface area contributed by atoms with Gasteiger partial charge in [-0.2, -0.15) is 0 Å². The van der Waals surface area contributed by atoms with Crippen LogP contribution in [0.2, 0.25) is 0 Å². The molecule has 0 fully saturated rings. The van der Waals surface area contributed by atoms with Crippen LogP contribution in [0.25, 0.3) is 5.65 Å². The van der Waals surface area contributed by atoms with Gasteiger partial charge >= 0.3 is 0 Å². The lowest BCUT2D eigenvalue weighted by atomic mass is 10.0. The lowest BCUT2D eigenvalue weighted by Gasteiger charge is -2.21. The normalized spacial score (nSPS) is 13.0. The molecule has 10 nitrogen and oxygen atoms in total. The van der Waals surface area contributed by atoms with E-state index in [0.717, 1.165) is 23.0 Å². The van der Waals surface area contributed by atoms with Gasteiger partial charge in [0.05, 0.1) is 24.7 Å². The van der Waals surface area contributed by atoms with E-state index in [1.54, 1.807) is 24.4 Å². The minimum atomic E-state index is -3.59. The number of aliphatic hydroxyl groups is 2. The number of hydrogen-bond acceptors (Lipinski definition) is 8. The number of rotatable bonds is 14. The highest BCUT2D eigenvalue weighted by atomic mass is 32.2. The maximum Gasteiger partial charge on any atom is 0.229 e. The number of hydrogen-bond donors (Lipinski definition) is 4. The zero-order valence-electron chi connectivity index (χ0n) is 23.6. The van der Waals surface area contributed by atoms with Crippen LogP contribution in [-0.2, 0) is 23.1 Å². The first-order valence-corrected chi connectivity index (χ1v) is 15.7. The van der Waals surface area contributed by atoms with E-state index in [2.05, 4.69) is 15.0 Å². The van der Waals surface area contributed by atoms with Crippen molar-refractivity contribution in [2.45, 2.75) is 25.2 Å². The lowest BCUT2D eigenvalue weighted by molar-refractivity contribution is 0.158. The Morgan fingerprint density at radius 3 is 2.49 bits per heavy atom. The van der Waals surface area contributed by atoms with Crippen molar-refractivity contribution in [3.05, 3.63) is 120 Å². The summed E-state index contributed by atoms with van der Waals surface area (Å²) in [6, 6.07) is 27.3. The Morgan fingerprint density at radius 2 is 1.74 bits per heavy atom. The molecule has 2 aromatic heterocycles. The number of sulfonamides is 1. The van der Waals surface area contributed by atoms with Crippen LogP contribution in [-0.4, -0.2) is 53.5 Å². The van der Waals surface area contributed by atoms with E-state index in [-0.39, 0.29) is 31.5 Å². The van der Waals surface area contributed by atoms with Gasteiger partial charge in [-0.3, -0.25) is 9.12 Å². The van der Waals surface area contributed by atoms with Gasteiger partial charge in [0.2, 0.25) is 15.9 Å². The number of imidazole rings is 1. The molecule has 43 heavy (non-hydrogen) atoms. The molecule has 11 heteroatoms. The van der Waals surface area contributed by atoms with Crippen molar-refractivity contribution in [3.8, 4) is 17.4 Å². The number of aliphatic hydroxyl groups excluding tert-OH is 2. The van der Waals surface area contributed by atoms with Gasteiger partial charge in [-0.05, 0) is 59.5 Å². The molecule has 0 aliphatic rings. The molecule has 2 atom stereocenters. The third kappa shape index (κ3) is 8.33. The summed E-state index contributed by atoms with van der Waals surface area (Å²) in [4.78, 5) is 4.27. The number of nitrogens with zero attached hydrogens (tertiary/aromatic N) is 2. The quantitative estimate of drug-likeness (QED) is 0.148. The molecule has 0 amide bonds. The summed E-state index contributed by atoms with van der Waals surface area (Å²) in [6.45, 7) is 0.263. The Labute approximate surface area is 250 Å². The standard InChI is InChI=1S/C32H34N4O6S/c1-43(39,40)35-28-19-25(12-15-30(28)41-22-24-6-3-2-4-7-24)29(38)20-34-26(21-37)18-23-10-13-27(14-11-23)42-32-9-5-8-31-33-16-17-36(31)32/h2-17,19,26,29,34-35,37-38H,18,20-22H2,1H3/t26-,29?/m0/s1. The number of nitrogens with one attached hydrogen (secondary N) is 2. The fraction of sp³-hybridized carbons (Fsp3) is 0.219. The zero-order valence-corrected chi connectivity index (χ0v) is 24.4. The molecule has 3 aromatic carbocycles. The largest absolute Gasteiger partial charge is 0.487 e. The van der Waals surface area contributed by atoms with Crippen LogP contribution in [0, 0.1) is 0 Å². The van der Waals surface area contributed by atoms with Crippen LogP contribution >= 0.6 is 0 Å². The average molecular weight is 603 g/mol. The van der Waals surface area contributed by atoms with Gasteiger partial charge in [0.25, 0.3) is 0 Å². The van der Waals surface area contributed by atoms with Gasteiger partial charge in [-0.25, -0.2) is 13.4 Å². The Morgan fingerprint density at radius 1 is 0.953 bits per heavy atom. The van der Waals surface area contributed by atoms with Crippen molar-refractivity contribution in [1.82, 2.24) is 14.7 Å². The Hall–Kier alpha value is -4.42. The maximum absolute atomic E-state index is 12.0. The van der Waals surface area contributed by atoms with Crippen molar-refractivity contribution in [3.63, 3.8) is 0 Å². The number of benzene rings is 3. The molecule has 5 rings (SSSR count). The molecule has 0 spiro atoms. The molecule has 5 aromatic rings. The molecule has 224 valence electrons. The second-order valence-electron chi connectivity index (χ2n) is 10.2. The van der Waals surface area contributed by atoms with Crippen LogP contribution in [0.4, 0.5) is 5.69 Å². The molecule has 0 aliphatic carbocycles. The Bertz CT molecular complexity index is 1740. The Kier molecular flexibility index (Phi) is 9.58. The number of pyridine rings is 1. The van der Waals surface area contributed by atoms with E-state index in [9.17, 15) is 18.6 Å². The molecule has 0 bridgehead atoms. The lowest BCUT2D eigenvalue weighted by Crippen LogP contribution is -2.37. The maximum atomic E-state index is 12.0. The highest BCUT2D eigenvalue weighted by Crippen LogP contribution is 2.30. The van der Waals surface area contributed by atoms with E-state index in [1.807, 2.05) is 83.4 Å². The van der Waals surface area contributed by atoms with Crippen molar-refractivity contribution >= 4 is 21.4 Å². The summed E-state index contributed by atoms with van der Waals surface area (Å²) in [6.07, 6.45) is 4.17. The summed E-state index contributed by atoms with van der Waals surface area (Å²) in [5.74, 6) is 1.67. The zero-order chi connectivity index (χ0) is 30.2. The second-order valence-corrected chi connectivity index (χ2v) is 11.9. The van der Waals surface area contributed by atoms with Gasteiger partial charge in [-0.15, -0.1) is 0 Å². The monoisotopic (exact) mass is 602 g/mol. The van der Waals surface area contributed by atoms with E-state index in [1.165, 1.54) is 0 Å². The first-order chi connectivity index (χ1) is 20.8. The fourth-order valence-electron chi connectivity index (χ4n) is 4.60. The summed E-state index contributed by atoms with van der Waals surface area (Å²) < 4.78 is 40.2. The third-order valence-electron chi connectivity index (χ3n) is 6.76. The van der Waals surface area contributed by atoms with Crippen LogP contribution < -0.4 is 19.5 Å². The number of aromatic nitrogens is 2. The first-order valence-electron chi connectivity index (χ1n) is 13.8. The number of ether oxygens (including phenoxy) is 2. The summed E-state index contributed by atoms with van der Waals surface area (Å²) >= 11 is 0. The van der Waals surface area contributed by atoms with Gasteiger partial charge in [0.15, 0.2) is 0 Å². The van der Waals surface area contributed by atoms with Crippen molar-refractivity contribution < 1.29 is 28.1 Å². The number of anilines is 1. The van der Waals surface area contributed by atoms with Gasteiger partial charge in [0.1, 0.15) is 23.8 Å². The molecule has 0 aliphatic heterocycles. The van der Waals surface area contributed by atoms with Crippen LogP contribution in [0.5, 0.6) is 17.4 Å². The van der Waals surface area contributed by atoms with E-state index >= 15 is 0 Å². The fourth-order valence-corrected chi connectivity index (χ4v) is 5.16. The topological polar surface area (TPSA) is 134 Å². The van der Waals surface area contributed by atoms with Crippen LogP contribution in [0.15, 0.2) is 103 Å². The average Bonchev–Trinajstić information content (AvgIpc) is 3.49. The molecular formula is C32H34N4O6S. The first kappa shape index (κ1) is 30.1. The summed E-state index contributed by atoms with van der Waals surface area (Å²) in [5, 5.41) is 24.1. The molecule has 2 heterocycles. The van der Waals surface area contributed by atoms with Crippen molar-refractivity contribution in [2.75, 3.05) is 24.1 Å². The van der Waals surface area contributed by atoms with E-state index in [0.29, 0.717) is 29.4 Å². The van der Waals surface area contributed by atoms with E-state index in [4.69, 9.17) is 9.47 Å². The SMILES string of the molecule is CS(=O)(=O)Nc1cc(C(O)CN[C@H](CO)Cc2ccc(Oc3cccc4nccn34)cc2)ccc1OCc1ccccc1. The summed E-state index contributed by atoms with van der Waals surface area (Å²) in [5.41, 5.74) is 3.44. The highest BCUT2D eigenvalue weighted by Gasteiger charge is 2.17. The molecular weight excluding hydrogens is 568 g/mol. The van der Waals surface area contributed by atoms with Crippen molar-refractivity contribution in [1.29, 1.82) is 0 Å². The molecule has 0 radical (unpaired) electrons. The van der Waals surface area contributed by atoms with E-state index < -0.39 is 16.1 Å². The molecule has 0 saturated carbocycles. The smallest absolute Gasteiger partial charge is 0.229 e. The van der Waals surface area contributed by atoms with Crippen molar-refractivity contribution in [2.24, 2.45) is 0 Å². The minimum absolute atomic E-state index is 0.138. The molecule has 4 N–H and O–H groups in total. The number of fused-ring (bicyclic) bond motifs is 1. The Balaban J connectivity index is 1.19. The molecule has 0 saturated heterocycles. The van der Waals surface area contributed by atoms with Gasteiger partial charge < -0.3 is 25.0 Å². The summed E-state index contributed by atoms with van der Waals surface area (Å²) in [7, 11) is -3.59. The van der Waals surface area contributed by atoms with Crippen LogP contribution in [0.1, 0.15) is 22.8 Å². The predicted octanol–water partition coefficient (Wildman–Crippen LogP) is 4.30. The van der Waals surface area contributed by atoms with Gasteiger partial charge in [-0.1, -0.05) is 54.6 Å². The van der Waals surface area contributed by atoms with Gasteiger partial charge in [0, 0.05) is 25.0 Å². The third-order valence-corrected chi connectivity index (χ3v) is 7.35.